The molecule has 0 spiro atoms. The van der Waals surface area contributed by atoms with Crippen molar-refractivity contribution in [1.29, 1.82) is 0 Å². The first kappa shape index (κ1) is 29.8. The van der Waals surface area contributed by atoms with Crippen molar-refractivity contribution in [1.82, 2.24) is 0 Å². The molecule has 0 fully saturated rings. The largest absolute Gasteiger partial charge is 0.374 e. The normalized spacial score (nSPS) is 12.1. The third kappa shape index (κ3) is 8.74. The Labute approximate surface area is 186 Å². The smallest absolute Gasteiger partial charge is 0.296 e. The zero-order valence-corrected chi connectivity index (χ0v) is 16.8. The Bertz CT molecular complexity index is 894. The molecule has 0 unspecified atom stereocenters. The maximum Gasteiger partial charge on any atom is 0.374 e. The van der Waals surface area contributed by atoms with Crippen LogP contribution in [0.2, 0.25) is 0 Å². The summed E-state index contributed by atoms with van der Waals surface area (Å²) in [4.78, 5) is 97.0. The number of carbonyl (C=O) groups excluding carboxylic acids is 6. The van der Waals surface area contributed by atoms with Crippen LogP contribution in [0.3, 0.4) is 0 Å². The van der Waals surface area contributed by atoms with Crippen molar-refractivity contribution in [3.63, 3.8) is 0 Å². The van der Waals surface area contributed by atoms with E-state index in [1.54, 1.807) is 6.92 Å². The Kier molecular flexibility index (Phi) is 13.7. The van der Waals surface area contributed by atoms with E-state index in [0.29, 0.717) is 12.8 Å². The quantitative estimate of drug-likeness (QED) is 0.0568. The van der Waals surface area contributed by atoms with Crippen LogP contribution >= 0.6 is 0 Å². The highest BCUT2D eigenvalue weighted by Crippen LogP contribution is 2.26. The van der Waals surface area contributed by atoms with Gasteiger partial charge in [0.25, 0.3) is 0 Å². The number of unbranched alkanes of at least 4 members (excludes halogenated alkanes) is 1. The van der Waals surface area contributed by atoms with E-state index in [2.05, 4.69) is 34.2 Å². The number of rotatable bonds is 12. The lowest BCUT2D eigenvalue weighted by molar-refractivity contribution is -0.268. The fourth-order valence-electron chi connectivity index (χ4n) is 1.93. The minimum absolute atomic E-state index is 0.0991. The summed E-state index contributed by atoms with van der Waals surface area (Å²) in [6, 6.07) is 0. The van der Waals surface area contributed by atoms with Gasteiger partial charge < -0.3 is 0 Å². The van der Waals surface area contributed by atoms with Crippen molar-refractivity contribution in [2.75, 3.05) is 6.61 Å². The van der Waals surface area contributed by atoms with Crippen LogP contribution in [0.1, 0.15) is 19.8 Å². The highest BCUT2D eigenvalue weighted by atomic mass is 17.2. The molecular weight excluding hydrogens is 480 g/mol. The summed E-state index contributed by atoms with van der Waals surface area (Å²) in [5.41, 5.74) is -6.45. The van der Waals surface area contributed by atoms with E-state index in [1.807, 2.05) is 0 Å². The number of hydrogen-bond donors (Lipinski definition) is 5. The van der Waals surface area contributed by atoms with Gasteiger partial charge in [0, 0.05) is 12.2 Å². The first-order valence-corrected chi connectivity index (χ1v) is 8.43. The first-order valence-electron chi connectivity index (χ1n) is 8.43. The summed E-state index contributed by atoms with van der Waals surface area (Å²) >= 11 is 0. The average Bonchev–Trinajstić information content (AvgIpc) is 2.85. The van der Waals surface area contributed by atoms with Crippen LogP contribution in [-0.4, -0.2) is 68.7 Å². The highest BCUT2D eigenvalue weighted by molar-refractivity contribution is 6.19. The monoisotopic (exact) mass is 496 g/mol. The fourth-order valence-corrected chi connectivity index (χ4v) is 1.93. The first-order chi connectivity index (χ1) is 16.1. The SMILES string of the molecule is CCCCOOC(=O)C(C(=CC(=O)OO)C(=O)OO)=C(C(=O)OO)C(=CC(=O)OO)C(=O)OO. The lowest BCUT2D eigenvalue weighted by atomic mass is 9.93. The molecule has 0 bridgehead atoms. The second-order valence-corrected chi connectivity index (χ2v) is 5.37. The van der Waals surface area contributed by atoms with E-state index in [-0.39, 0.29) is 18.8 Å². The van der Waals surface area contributed by atoms with Gasteiger partial charge >= 0.3 is 35.8 Å². The molecule has 0 radical (unpaired) electrons. The molecule has 0 atom stereocenters. The molecule has 0 heterocycles. The lowest BCUT2D eigenvalue weighted by Crippen LogP contribution is -2.26. The summed E-state index contributed by atoms with van der Waals surface area (Å²) in [5.74, 6) is -12.0. The van der Waals surface area contributed by atoms with Crippen LogP contribution in [0, 0.1) is 0 Å². The second kappa shape index (κ2) is 15.6. The summed E-state index contributed by atoms with van der Waals surface area (Å²) < 4.78 is 0. The molecule has 0 aromatic heterocycles. The van der Waals surface area contributed by atoms with Gasteiger partial charge in [-0.25, -0.2) is 28.8 Å². The molecule has 0 rings (SSSR count). The van der Waals surface area contributed by atoms with Crippen LogP contribution in [-0.2, 0) is 63.0 Å². The average molecular weight is 496 g/mol. The predicted octanol–water partition coefficient (Wildman–Crippen LogP) is -0.508. The number of carbonyl (C=O) groups is 6. The molecule has 5 N–H and O–H groups in total. The Balaban J connectivity index is 7.48. The molecule has 34 heavy (non-hydrogen) atoms. The van der Waals surface area contributed by atoms with Crippen LogP contribution in [0.4, 0.5) is 0 Å². The van der Waals surface area contributed by atoms with Crippen molar-refractivity contribution in [2.24, 2.45) is 0 Å². The van der Waals surface area contributed by atoms with E-state index in [4.69, 9.17) is 26.3 Å². The third-order valence-electron chi connectivity index (χ3n) is 3.31. The molecule has 0 aliphatic carbocycles. The molecule has 188 valence electrons. The van der Waals surface area contributed by atoms with Crippen LogP contribution < -0.4 is 0 Å². The standard InChI is InChI=1S/C16H16O18/c1-2-3-4-28-34-16(22)12(8(14(20)32-26)6-10(18)30-24)11(15(21)33-27)7(13(19)31-25)5-9(17)29-23/h5-6,23-27H,2-4H2,1H3. The topological polar surface area (TPSA) is 268 Å². The Morgan fingerprint density at radius 1 is 0.618 bits per heavy atom. The van der Waals surface area contributed by atoms with Crippen molar-refractivity contribution >= 4 is 35.8 Å². The van der Waals surface area contributed by atoms with Crippen LogP contribution in [0.15, 0.2) is 34.4 Å². The Morgan fingerprint density at radius 3 is 1.38 bits per heavy atom. The zero-order valence-electron chi connectivity index (χ0n) is 16.8. The van der Waals surface area contributed by atoms with Crippen LogP contribution in [0.5, 0.6) is 0 Å². The lowest BCUT2D eigenvalue weighted by Gasteiger charge is -2.14. The maximum atomic E-state index is 12.6. The summed E-state index contributed by atoms with van der Waals surface area (Å²) in [5, 5.41) is 43.0. The summed E-state index contributed by atoms with van der Waals surface area (Å²) in [7, 11) is 0. The molecule has 0 aliphatic rings. The molecule has 0 aromatic rings. The van der Waals surface area contributed by atoms with Gasteiger partial charge in [0.1, 0.15) is 0 Å². The van der Waals surface area contributed by atoms with E-state index < -0.39 is 58.1 Å². The minimum Gasteiger partial charge on any atom is -0.296 e. The summed E-state index contributed by atoms with van der Waals surface area (Å²) in [6.45, 7) is 1.44. The highest BCUT2D eigenvalue weighted by Gasteiger charge is 2.38. The van der Waals surface area contributed by atoms with Gasteiger partial charge in [-0.1, -0.05) is 13.3 Å². The number of hydrogen-bond acceptors (Lipinski definition) is 18. The van der Waals surface area contributed by atoms with Crippen molar-refractivity contribution < 1.29 is 89.3 Å². The van der Waals surface area contributed by atoms with E-state index in [1.165, 1.54) is 0 Å². The molecule has 0 saturated carbocycles. The maximum absolute atomic E-state index is 12.6. The van der Waals surface area contributed by atoms with Gasteiger partial charge in [-0.05, 0) is 6.42 Å². The molecule has 0 aromatic carbocycles. The molecule has 0 aliphatic heterocycles. The molecule has 0 amide bonds. The van der Waals surface area contributed by atoms with Crippen molar-refractivity contribution in [2.45, 2.75) is 19.8 Å². The Hall–Kier alpha value is -4.20. The van der Waals surface area contributed by atoms with Crippen molar-refractivity contribution in [3.05, 3.63) is 34.4 Å². The van der Waals surface area contributed by atoms with Gasteiger partial charge in [0.2, 0.25) is 0 Å². The minimum atomic E-state index is -2.17. The zero-order chi connectivity index (χ0) is 26.3. The van der Waals surface area contributed by atoms with E-state index >= 15 is 0 Å². The van der Waals surface area contributed by atoms with Gasteiger partial charge in [-0.2, -0.15) is 31.2 Å². The van der Waals surface area contributed by atoms with Crippen LogP contribution in [0.25, 0.3) is 0 Å². The molecular formula is C16H16O18. The van der Waals surface area contributed by atoms with Gasteiger partial charge in [0.15, 0.2) is 0 Å². The predicted molar refractivity (Wildman–Crippen MR) is 93.7 cm³/mol. The fraction of sp³-hybridized carbons (Fsp3) is 0.250. The van der Waals surface area contributed by atoms with Crippen molar-refractivity contribution in [3.8, 4) is 0 Å². The van der Waals surface area contributed by atoms with Gasteiger partial charge in [-0.15, -0.1) is 0 Å². The molecule has 18 heteroatoms. The summed E-state index contributed by atoms with van der Waals surface area (Å²) in [6.07, 6.45) is 0.617. The van der Waals surface area contributed by atoms with E-state index in [9.17, 15) is 28.8 Å². The molecule has 18 nitrogen and oxygen atoms in total. The second-order valence-electron chi connectivity index (χ2n) is 5.37. The third-order valence-corrected chi connectivity index (χ3v) is 3.31. The van der Waals surface area contributed by atoms with Gasteiger partial charge in [-0.3, -0.25) is 29.3 Å². The van der Waals surface area contributed by atoms with Gasteiger partial charge in [0.05, 0.1) is 28.9 Å². The Morgan fingerprint density at radius 2 is 1.03 bits per heavy atom. The molecule has 0 saturated heterocycles. The van der Waals surface area contributed by atoms with E-state index in [0.717, 1.165) is 0 Å².